The second kappa shape index (κ2) is 5.14. The fourth-order valence-electron chi connectivity index (χ4n) is 1.95. The van der Waals surface area contributed by atoms with Crippen LogP contribution in [0.1, 0.15) is 39.8 Å². The van der Waals surface area contributed by atoms with E-state index in [1.165, 1.54) is 5.57 Å². The highest BCUT2D eigenvalue weighted by molar-refractivity contribution is 5.32. The van der Waals surface area contributed by atoms with Crippen molar-refractivity contribution < 1.29 is 4.42 Å². The minimum Gasteiger partial charge on any atom is -0.432 e. The molecule has 0 fully saturated rings. The molecule has 1 aliphatic rings. The van der Waals surface area contributed by atoms with Crippen LogP contribution in [0.4, 0.5) is 6.01 Å². The summed E-state index contributed by atoms with van der Waals surface area (Å²) in [4.78, 5) is 6.73. The van der Waals surface area contributed by atoms with Crippen LogP contribution in [0.25, 0.3) is 0 Å². The van der Waals surface area contributed by atoms with Crippen molar-refractivity contribution in [2.24, 2.45) is 0 Å². The molecule has 1 aliphatic heterocycles. The summed E-state index contributed by atoms with van der Waals surface area (Å²) in [5, 5.41) is 3.41. The number of anilines is 1. The molecule has 1 aromatic rings. The zero-order chi connectivity index (χ0) is 13.2. The van der Waals surface area contributed by atoms with Gasteiger partial charge in [-0.05, 0) is 34.1 Å². The van der Waals surface area contributed by atoms with Crippen molar-refractivity contribution in [3.8, 4) is 0 Å². The molecule has 0 radical (unpaired) electrons. The lowest BCUT2D eigenvalue weighted by Crippen LogP contribution is -2.35. The molecule has 0 aliphatic carbocycles. The van der Waals surface area contributed by atoms with Crippen LogP contribution in [0, 0.1) is 0 Å². The van der Waals surface area contributed by atoms with Gasteiger partial charge in [0, 0.05) is 25.2 Å². The highest BCUT2D eigenvalue weighted by atomic mass is 16.4. The maximum absolute atomic E-state index is 5.57. The van der Waals surface area contributed by atoms with Crippen LogP contribution < -0.4 is 10.2 Å². The number of aromatic nitrogens is 1. The van der Waals surface area contributed by atoms with Crippen LogP contribution in [0.2, 0.25) is 0 Å². The van der Waals surface area contributed by atoms with Gasteiger partial charge in [-0.2, -0.15) is 4.98 Å². The number of rotatable bonds is 3. The molecule has 0 atom stereocenters. The Hall–Kier alpha value is -1.29. The van der Waals surface area contributed by atoms with Crippen molar-refractivity contribution in [3.63, 3.8) is 0 Å². The van der Waals surface area contributed by atoms with Gasteiger partial charge in [-0.15, -0.1) is 0 Å². The Morgan fingerprint density at radius 3 is 2.89 bits per heavy atom. The molecule has 0 spiro atoms. The molecule has 0 amide bonds. The number of oxazole rings is 1. The first-order valence-electron chi connectivity index (χ1n) is 6.54. The number of hydrogen-bond acceptors (Lipinski definition) is 4. The van der Waals surface area contributed by atoms with Crippen molar-refractivity contribution in [2.45, 2.75) is 46.2 Å². The number of nitrogens with zero attached hydrogens (tertiary/aromatic N) is 2. The number of nitrogens with one attached hydrogen (secondary N) is 1. The van der Waals surface area contributed by atoms with Gasteiger partial charge in [-0.25, -0.2) is 0 Å². The van der Waals surface area contributed by atoms with Gasteiger partial charge in [-0.1, -0.05) is 11.6 Å². The Morgan fingerprint density at radius 2 is 2.22 bits per heavy atom. The van der Waals surface area contributed by atoms with E-state index < -0.39 is 0 Å². The third-order valence-electron chi connectivity index (χ3n) is 2.94. The second-order valence-electron chi connectivity index (χ2n) is 5.99. The minimum absolute atomic E-state index is 0.101. The van der Waals surface area contributed by atoms with Crippen molar-refractivity contribution in [1.82, 2.24) is 10.3 Å². The van der Waals surface area contributed by atoms with E-state index in [0.29, 0.717) is 0 Å². The van der Waals surface area contributed by atoms with Gasteiger partial charge in [0.05, 0.1) is 5.69 Å². The summed E-state index contributed by atoms with van der Waals surface area (Å²) in [7, 11) is 0. The van der Waals surface area contributed by atoms with E-state index >= 15 is 0 Å². The molecule has 18 heavy (non-hydrogen) atoms. The molecule has 0 bridgehead atoms. The standard InChI is InChI=1S/C14H23N3O/c1-11-6-5-7-17(9-11)13-16-12(10-18-13)8-15-14(2,3)4/h6,10,15H,5,7-9H2,1-4H3. The molecular formula is C14H23N3O. The lowest BCUT2D eigenvalue weighted by molar-refractivity contribution is 0.421. The molecule has 0 unspecified atom stereocenters. The molecule has 1 N–H and O–H groups in total. The first kappa shape index (κ1) is 13.1. The van der Waals surface area contributed by atoms with Crippen LogP contribution in [0.3, 0.4) is 0 Å². The topological polar surface area (TPSA) is 41.3 Å². The smallest absolute Gasteiger partial charge is 0.297 e. The molecule has 100 valence electrons. The fraction of sp³-hybridized carbons (Fsp3) is 0.643. The maximum atomic E-state index is 5.57. The van der Waals surface area contributed by atoms with Crippen molar-refractivity contribution in [2.75, 3.05) is 18.0 Å². The van der Waals surface area contributed by atoms with Gasteiger partial charge in [0.2, 0.25) is 0 Å². The van der Waals surface area contributed by atoms with Gasteiger partial charge >= 0.3 is 0 Å². The summed E-state index contributed by atoms with van der Waals surface area (Å²) < 4.78 is 5.57. The average Bonchev–Trinajstić information content (AvgIpc) is 2.74. The lowest BCUT2D eigenvalue weighted by atomic mass is 10.1. The van der Waals surface area contributed by atoms with Crippen molar-refractivity contribution >= 4 is 6.01 Å². The van der Waals surface area contributed by atoms with Gasteiger partial charge in [0.1, 0.15) is 6.26 Å². The Kier molecular flexibility index (Phi) is 3.76. The van der Waals surface area contributed by atoms with E-state index in [1.54, 1.807) is 6.26 Å². The lowest BCUT2D eigenvalue weighted by Gasteiger charge is -2.24. The minimum atomic E-state index is 0.101. The van der Waals surface area contributed by atoms with Crippen LogP contribution in [-0.2, 0) is 6.54 Å². The van der Waals surface area contributed by atoms with Crippen LogP contribution >= 0.6 is 0 Å². The summed E-state index contributed by atoms with van der Waals surface area (Å²) in [6, 6.07) is 0.744. The molecule has 2 rings (SSSR count). The first-order valence-corrected chi connectivity index (χ1v) is 6.54. The third-order valence-corrected chi connectivity index (χ3v) is 2.94. The summed E-state index contributed by atoms with van der Waals surface area (Å²) in [6.45, 7) is 11.2. The van der Waals surface area contributed by atoms with E-state index in [0.717, 1.165) is 37.8 Å². The Bertz CT molecular complexity index is 428. The summed E-state index contributed by atoms with van der Waals surface area (Å²) >= 11 is 0. The Balaban J connectivity index is 1.96. The van der Waals surface area contributed by atoms with Crippen LogP contribution in [-0.4, -0.2) is 23.6 Å². The quantitative estimate of drug-likeness (QED) is 0.836. The van der Waals surface area contributed by atoms with Crippen LogP contribution in [0.5, 0.6) is 0 Å². The summed E-state index contributed by atoms with van der Waals surface area (Å²) in [5.41, 5.74) is 2.45. The second-order valence-corrected chi connectivity index (χ2v) is 5.99. The van der Waals surface area contributed by atoms with E-state index in [9.17, 15) is 0 Å². The SMILES string of the molecule is CC1=CCCN(c2nc(CNC(C)(C)C)co2)C1. The monoisotopic (exact) mass is 249 g/mol. The largest absolute Gasteiger partial charge is 0.432 e. The van der Waals surface area contributed by atoms with E-state index in [2.05, 4.69) is 49.0 Å². The Labute approximate surface area is 109 Å². The van der Waals surface area contributed by atoms with E-state index in [1.807, 2.05) is 0 Å². The predicted molar refractivity (Wildman–Crippen MR) is 73.7 cm³/mol. The molecule has 0 aromatic carbocycles. The van der Waals surface area contributed by atoms with Crippen molar-refractivity contribution in [1.29, 1.82) is 0 Å². The average molecular weight is 249 g/mol. The molecule has 1 aromatic heterocycles. The van der Waals surface area contributed by atoms with Gasteiger partial charge < -0.3 is 14.6 Å². The molecule has 4 heteroatoms. The molecule has 0 saturated heterocycles. The zero-order valence-corrected chi connectivity index (χ0v) is 11.8. The van der Waals surface area contributed by atoms with Gasteiger partial charge in [-0.3, -0.25) is 0 Å². The molecule has 4 nitrogen and oxygen atoms in total. The first-order chi connectivity index (χ1) is 8.44. The zero-order valence-electron chi connectivity index (χ0n) is 11.8. The maximum Gasteiger partial charge on any atom is 0.297 e. The van der Waals surface area contributed by atoms with Gasteiger partial charge in [0.15, 0.2) is 0 Å². The normalized spacial score (nSPS) is 16.9. The highest BCUT2D eigenvalue weighted by Crippen LogP contribution is 2.19. The highest BCUT2D eigenvalue weighted by Gasteiger charge is 2.16. The predicted octanol–water partition coefficient (Wildman–Crippen LogP) is 2.72. The fourth-order valence-corrected chi connectivity index (χ4v) is 1.95. The summed E-state index contributed by atoms with van der Waals surface area (Å²) in [6.07, 6.45) is 5.10. The van der Waals surface area contributed by atoms with E-state index in [4.69, 9.17) is 4.42 Å². The summed E-state index contributed by atoms with van der Waals surface area (Å²) in [5.74, 6) is 0. The third kappa shape index (κ3) is 3.60. The van der Waals surface area contributed by atoms with Crippen LogP contribution in [0.15, 0.2) is 22.3 Å². The number of hydrogen-bond donors (Lipinski definition) is 1. The van der Waals surface area contributed by atoms with Gasteiger partial charge in [0.25, 0.3) is 6.01 Å². The molecule has 2 heterocycles. The molecule has 0 saturated carbocycles. The van der Waals surface area contributed by atoms with Crippen molar-refractivity contribution in [3.05, 3.63) is 23.6 Å². The molecular weight excluding hydrogens is 226 g/mol. The Morgan fingerprint density at radius 1 is 1.44 bits per heavy atom. The van der Waals surface area contributed by atoms with E-state index in [-0.39, 0.29) is 5.54 Å².